The van der Waals surface area contributed by atoms with Crippen molar-refractivity contribution in [3.8, 4) is 5.75 Å². The average molecular weight is 446 g/mol. The van der Waals surface area contributed by atoms with E-state index < -0.39 is 0 Å². The summed E-state index contributed by atoms with van der Waals surface area (Å²) in [5, 5.41) is 9.47. The van der Waals surface area contributed by atoms with Crippen LogP contribution in [-0.2, 0) is 11.3 Å². The SMILES string of the molecule is O=C(C1CC12CCN(Cc1ccc(O)cc1)CC2)N1CCN(C/C=C/c2ccccc2)CC1. The van der Waals surface area contributed by atoms with Crippen LogP contribution in [0.2, 0.25) is 0 Å². The largest absolute Gasteiger partial charge is 0.508 e. The van der Waals surface area contributed by atoms with Crippen molar-refractivity contribution in [2.24, 2.45) is 11.3 Å². The van der Waals surface area contributed by atoms with Crippen molar-refractivity contribution in [1.29, 1.82) is 0 Å². The Bertz CT molecular complexity index is 956. The quantitative estimate of drug-likeness (QED) is 0.734. The molecule has 2 heterocycles. The summed E-state index contributed by atoms with van der Waals surface area (Å²) in [5.74, 6) is 0.972. The molecule has 3 aliphatic rings. The zero-order chi connectivity index (χ0) is 22.7. The summed E-state index contributed by atoms with van der Waals surface area (Å²) < 4.78 is 0. The average Bonchev–Trinajstić information content (AvgIpc) is 3.56. The standard InChI is InChI=1S/C28H35N3O2/c32-25-10-8-24(9-11-25)22-30-15-12-28(13-16-30)21-26(28)27(33)31-19-17-29(18-20-31)14-4-7-23-5-2-1-3-6-23/h1-11,26,32H,12-22H2/b7-4+. The first-order valence-corrected chi connectivity index (χ1v) is 12.3. The molecule has 174 valence electrons. The Kier molecular flexibility index (Phi) is 6.52. The van der Waals surface area contributed by atoms with Crippen LogP contribution < -0.4 is 0 Å². The number of piperazine rings is 1. The number of piperidine rings is 1. The maximum atomic E-state index is 13.2. The Balaban J connectivity index is 1.04. The van der Waals surface area contributed by atoms with Crippen molar-refractivity contribution < 1.29 is 9.90 Å². The Labute approximate surface area is 197 Å². The summed E-state index contributed by atoms with van der Waals surface area (Å²) in [6, 6.07) is 17.9. The Morgan fingerprint density at radius 3 is 2.30 bits per heavy atom. The van der Waals surface area contributed by atoms with E-state index in [0.29, 0.717) is 11.7 Å². The number of phenolic OH excluding ortho intramolecular Hbond substituents is 1. The van der Waals surface area contributed by atoms with E-state index in [9.17, 15) is 9.90 Å². The van der Waals surface area contributed by atoms with Gasteiger partial charge in [-0.15, -0.1) is 0 Å². The second-order valence-electron chi connectivity index (χ2n) is 10.0. The molecule has 2 aromatic rings. The van der Waals surface area contributed by atoms with Crippen molar-refractivity contribution >= 4 is 12.0 Å². The third-order valence-corrected chi connectivity index (χ3v) is 7.84. The highest BCUT2D eigenvalue weighted by Gasteiger charge is 2.59. The molecule has 1 unspecified atom stereocenters. The Hall–Kier alpha value is -2.63. The van der Waals surface area contributed by atoms with Gasteiger partial charge in [-0.3, -0.25) is 14.6 Å². The van der Waals surface area contributed by atoms with E-state index in [-0.39, 0.29) is 11.3 Å². The second kappa shape index (κ2) is 9.70. The molecule has 1 aliphatic carbocycles. The predicted molar refractivity (Wildman–Crippen MR) is 132 cm³/mol. The van der Waals surface area contributed by atoms with Crippen LogP contribution in [0.15, 0.2) is 60.7 Å². The molecule has 0 aromatic heterocycles. The van der Waals surface area contributed by atoms with Gasteiger partial charge in [-0.05, 0) is 61.0 Å². The molecule has 2 aromatic carbocycles. The van der Waals surface area contributed by atoms with E-state index in [4.69, 9.17) is 0 Å². The van der Waals surface area contributed by atoms with E-state index >= 15 is 0 Å². The Morgan fingerprint density at radius 1 is 0.909 bits per heavy atom. The van der Waals surface area contributed by atoms with Gasteiger partial charge in [-0.25, -0.2) is 0 Å². The highest BCUT2D eigenvalue weighted by Crippen LogP contribution is 2.60. The normalized spacial score (nSPS) is 23.3. The molecule has 1 spiro atoms. The van der Waals surface area contributed by atoms with Crippen LogP contribution in [0.25, 0.3) is 6.08 Å². The number of phenols is 1. The summed E-state index contributed by atoms with van der Waals surface area (Å²) in [7, 11) is 0. The van der Waals surface area contributed by atoms with Crippen molar-refractivity contribution in [2.75, 3.05) is 45.8 Å². The fourth-order valence-electron chi connectivity index (χ4n) is 5.54. The topological polar surface area (TPSA) is 47.0 Å². The number of hydrogen-bond acceptors (Lipinski definition) is 4. The summed E-state index contributed by atoms with van der Waals surface area (Å²) in [4.78, 5) is 20.2. The van der Waals surface area contributed by atoms with Gasteiger partial charge in [-0.2, -0.15) is 0 Å². The Morgan fingerprint density at radius 2 is 1.61 bits per heavy atom. The highest BCUT2D eigenvalue weighted by atomic mass is 16.3. The van der Waals surface area contributed by atoms with Gasteiger partial charge in [0.25, 0.3) is 0 Å². The molecule has 33 heavy (non-hydrogen) atoms. The van der Waals surface area contributed by atoms with Crippen molar-refractivity contribution in [3.63, 3.8) is 0 Å². The van der Waals surface area contributed by atoms with E-state index in [2.05, 4.69) is 51.1 Å². The first-order valence-electron chi connectivity index (χ1n) is 12.3. The molecule has 2 saturated heterocycles. The van der Waals surface area contributed by atoms with Gasteiger partial charge in [0.15, 0.2) is 0 Å². The number of benzene rings is 2. The molecule has 5 heteroatoms. The van der Waals surface area contributed by atoms with Crippen LogP contribution in [0.3, 0.4) is 0 Å². The van der Waals surface area contributed by atoms with Gasteiger partial charge in [0.1, 0.15) is 5.75 Å². The third-order valence-electron chi connectivity index (χ3n) is 7.84. The molecule has 5 nitrogen and oxygen atoms in total. The van der Waals surface area contributed by atoms with Gasteiger partial charge in [-0.1, -0.05) is 54.6 Å². The minimum absolute atomic E-state index is 0.248. The number of rotatable bonds is 6. The number of amides is 1. The molecule has 0 radical (unpaired) electrons. The van der Waals surface area contributed by atoms with E-state index in [1.807, 2.05) is 18.2 Å². The molecular weight excluding hydrogens is 410 g/mol. The molecular formula is C28H35N3O2. The zero-order valence-electron chi connectivity index (χ0n) is 19.4. The minimum atomic E-state index is 0.248. The molecule has 1 atom stereocenters. The lowest BCUT2D eigenvalue weighted by Crippen LogP contribution is -2.49. The number of carbonyl (C=O) groups excluding carboxylic acids is 1. The summed E-state index contributed by atoms with van der Waals surface area (Å²) in [6.07, 6.45) is 7.75. The van der Waals surface area contributed by atoms with E-state index in [1.54, 1.807) is 12.1 Å². The minimum Gasteiger partial charge on any atom is -0.508 e. The fourth-order valence-corrected chi connectivity index (χ4v) is 5.54. The smallest absolute Gasteiger partial charge is 0.226 e. The van der Waals surface area contributed by atoms with Crippen LogP contribution in [0.4, 0.5) is 0 Å². The van der Waals surface area contributed by atoms with Crippen LogP contribution >= 0.6 is 0 Å². The molecule has 3 fully saturated rings. The third kappa shape index (κ3) is 5.31. The molecule has 1 saturated carbocycles. The van der Waals surface area contributed by atoms with Gasteiger partial charge in [0, 0.05) is 45.2 Å². The zero-order valence-corrected chi connectivity index (χ0v) is 19.4. The molecule has 2 aliphatic heterocycles. The molecule has 1 amide bonds. The summed E-state index contributed by atoms with van der Waals surface area (Å²) in [6.45, 7) is 7.64. The van der Waals surface area contributed by atoms with Gasteiger partial charge >= 0.3 is 0 Å². The van der Waals surface area contributed by atoms with Gasteiger partial charge < -0.3 is 10.0 Å². The fraction of sp³-hybridized carbons (Fsp3) is 0.464. The van der Waals surface area contributed by atoms with E-state index in [1.165, 1.54) is 11.1 Å². The molecule has 1 N–H and O–H groups in total. The van der Waals surface area contributed by atoms with Crippen LogP contribution in [-0.4, -0.2) is 71.5 Å². The van der Waals surface area contributed by atoms with E-state index in [0.717, 1.165) is 71.6 Å². The lowest BCUT2D eigenvalue weighted by Gasteiger charge is -2.36. The maximum Gasteiger partial charge on any atom is 0.226 e. The number of hydrogen-bond donors (Lipinski definition) is 1. The van der Waals surface area contributed by atoms with Crippen LogP contribution in [0.5, 0.6) is 5.75 Å². The number of likely N-dealkylation sites (tertiary alicyclic amines) is 1. The van der Waals surface area contributed by atoms with Gasteiger partial charge in [0.2, 0.25) is 5.91 Å². The maximum absolute atomic E-state index is 13.2. The van der Waals surface area contributed by atoms with Crippen molar-refractivity contribution in [2.45, 2.75) is 25.8 Å². The lowest BCUT2D eigenvalue weighted by atomic mass is 9.90. The first kappa shape index (κ1) is 22.2. The van der Waals surface area contributed by atoms with Crippen molar-refractivity contribution in [3.05, 3.63) is 71.8 Å². The molecule has 0 bridgehead atoms. The van der Waals surface area contributed by atoms with Crippen molar-refractivity contribution in [1.82, 2.24) is 14.7 Å². The lowest BCUT2D eigenvalue weighted by molar-refractivity contribution is -0.135. The summed E-state index contributed by atoms with van der Waals surface area (Å²) >= 11 is 0. The van der Waals surface area contributed by atoms with Crippen LogP contribution in [0, 0.1) is 11.3 Å². The van der Waals surface area contributed by atoms with Crippen LogP contribution in [0.1, 0.15) is 30.4 Å². The number of carbonyl (C=O) groups is 1. The van der Waals surface area contributed by atoms with Gasteiger partial charge in [0.05, 0.1) is 0 Å². The number of nitrogens with zero attached hydrogens (tertiary/aromatic N) is 3. The molecule has 5 rings (SSSR count). The predicted octanol–water partition coefficient (Wildman–Crippen LogP) is 3.85. The first-order chi connectivity index (χ1) is 16.1. The number of aromatic hydroxyl groups is 1. The second-order valence-corrected chi connectivity index (χ2v) is 10.0. The summed E-state index contributed by atoms with van der Waals surface area (Å²) in [5.41, 5.74) is 2.74. The highest BCUT2D eigenvalue weighted by molar-refractivity contribution is 5.83. The monoisotopic (exact) mass is 445 g/mol.